The van der Waals surface area contributed by atoms with Crippen molar-refractivity contribution >= 4 is 50.7 Å². The van der Waals surface area contributed by atoms with E-state index in [1.54, 1.807) is 18.2 Å². The third kappa shape index (κ3) is 7.71. The number of benzene rings is 3. The average molecular weight is 595 g/mol. The highest BCUT2D eigenvalue weighted by Gasteiger charge is 2.33. The minimum Gasteiger partial charge on any atom is -0.352 e. The van der Waals surface area contributed by atoms with E-state index < -0.39 is 40.2 Å². The second kappa shape index (κ2) is 13.3. The quantitative estimate of drug-likeness (QED) is 0.311. The number of nitrogens with zero attached hydrogens (tertiary/aromatic N) is 2. The van der Waals surface area contributed by atoms with E-state index in [4.69, 9.17) is 23.2 Å². The predicted octanol–water partition coefficient (Wildman–Crippen LogP) is 5.66. The molecule has 2 amide bonds. The Balaban J connectivity index is 2.04. The van der Waals surface area contributed by atoms with Gasteiger partial charge in [0.15, 0.2) is 0 Å². The molecule has 0 fully saturated rings. The Morgan fingerprint density at radius 3 is 2.23 bits per heavy atom. The smallest absolute Gasteiger partial charge is 0.264 e. The lowest BCUT2D eigenvalue weighted by molar-refractivity contribution is -0.139. The van der Waals surface area contributed by atoms with Crippen LogP contribution in [0.5, 0.6) is 0 Å². The van der Waals surface area contributed by atoms with Gasteiger partial charge < -0.3 is 10.2 Å². The van der Waals surface area contributed by atoms with E-state index in [2.05, 4.69) is 5.32 Å². The summed E-state index contributed by atoms with van der Waals surface area (Å²) in [6.07, 6.45) is 0.668. The number of hydrogen-bond donors (Lipinski definition) is 1. The van der Waals surface area contributed by atoms with Gasteiger partial charge in [-0.25, -0.2) is 12.8 Å². The monoisotopic (exact) mass is 593 g/mol. The van der Waals surface area contributed by atoms with Crippen LogP contribution in [0.2, 0.25) is 10.0 Å². The maximum absolute atomic E-state index is 14.6. The summed E-state index contributed by atoms with van der Waals surface area (Å²) >= 11 is 12.1. The first-order valence-electron chi connectivity index (χ1n) is 12.3. The maximum Gasteiger partial charge on any atom is 0.264 e. The summed E-state index contributed by atoms with van der Waals surface area (Å²) in [4.78, 5) is 27.9. The Bertz CT molecular complexity index is 1420. The van der Waals surface area contributed by atoms with Gasteiger partial charge in [0.1, 0.15) is 18.4 Å². The zero-order chi connectivity index (χ0) is 28.7. The molecule has 208 valence electrons. The van der Waals surface area contributed by atoms with E-state index in [0.717, 1.165) is 4.31 Å². The van der Waals surface area contributed by atoms with Crippen molar-refractivity contribution < 1.29 is 22.4 Å². The predicted molar refractivity (Wildman–Crippen MR) is 152 cm³/mol. The number of hydrogen-bond acceptors (Lipinski definition) is 4. The lowest BCUT2D eigenvalue weighted by Crippen LogP contribution is -2.52. The molecule has 0 aliphatic rings. The van der Waals surface area contributed by atoms with E-state index in [0.29, 0.717) is 11.4 Å². The number of sulfonamides is 1. The molecular weight excluding hydrogens is 564 g/mol. The molecule has 0 spiro atoms. The van der Waals surface area contributed by atoms with Crippen molar-refractivity contribution in [3.63, 3.8) is 0 Å². The average Bonchev–Trinajstić information content (AvgIpc) is 2.90. The number of carbonyl (C=O) groups excluding carboxylic acids is 2. The zero-order valence-electron chi connectivity index (χ0n) is 21.8. The molecule has 0 heterocycles. The minimum atomic E-state index is -4.27. The van der Waals surface area contributed by atoms with Crippen LogP contribution < -0.4 is 9.62 Å². The molecule has 0 saturated carbocycles. The van der Waals surface area contributed by atoms with Gasteiger partial charge >= 0.3 is 0 Å². The lowest BCUT2D eigenvalue weighted by atomic mass is 10.1. The maximum atomic E-state index is 14.6. The molecule has 7 nitrogen and oxygen atoms in total. The topological polar surface area (TPSA) is 86.8 Å². The Kier molecular flexibility index (Phi) is 10.4. The van der Waals surface area contributed by atoms with E-state index in [-0.39, 0.29) is 33.8 Å². The fraction of sp³-hybridized carbons (Fsp3) is 0.286. The van der Waals surface area contributed by atoms with Crippen LogP contribution in [0.4, 0.5) is 10.1 Å². The van der Waals surface area contributed by atoms with Crippen molar-refractivity contribution in [1.82, 2.24) is 10.2 Å². The highest BCUT2D eigenvalue weighted by molar-refractivity contribution is 7.92. The van der Waals surface area contributed by atoms with Crippen LogP contribution in [0.25, 0.3) is 0 Å². The van der Waals surface area contributed by atoms with Crippen LogP contribution in [-0.2, 0) is 26.2 Å². The van der Waals surface area contributed by atoms with Gasteiger partial charge in [-0.1, -0.05) is 54.4 Å². The van der Waals surface area contributed by atoms with Crippen molar-refractivity contribution in [3.05, 3.63) is 94.2 Å². The van der Waals surface area contributed by atoms with Crippen LogP contribution in [0.15, 0.2) is 77.7 Å². The molecule has 3 rings (SSSR count). The molecule has 0 aliphatic heterocycles. The van der Waals surface area contributed by atoms with Gasteiger partial charge in [0.2, 0.25) is 11.8 Å². The SMILES string of the molecule is CC[C@H](C)NC(=O)[C@H](C)N(Cc1ccccc1F)C(=O)CN(c1cccc(Cl)c1)S(=O)(=O)c1ccc(Cl)cc1. The molecule has 0 radical (unpaired) electrons. The van der Waals surface area contributed by atoms with E-state index in [1.807, 2.05) is 13.8 Å². The van der Waals surface area contributed by atoms with E-state index >= 15 is 0 Å². The van der Waals surface area contributed by atoms with Gasteiger partial charge in [0.25, 0.3) is 10.0 Å². The fourth-order valence-corrected chi connectivity index (χ4v) is 5.47. The second-order valence-corrected chi connectivity index (χ2v) is 11.8. The highest BCUT2D eigenvalue weighted by Crippen LogP contribution is 2.27. The summed E-state index contributed by atoms with van der Waals surface area (Å²) in [6, 6.07) is 16.3. The zero-order valence-corrected chi connectivity index (χ0v) is 24.1. The van der Waals surface area contributed by atoms with Gasteiger partial charge in [-0.2, -0.15) is 0 Å². The molecule has 1 N–H and O–H groups in total. The number of nitrogens with one attached hydrogen (secondary N) is 1. The van der Waals surface area contributed by atoms with Gasteiger partial charge in [-0.15, -0.1) is 0 Å². The van der Waals surface area contributed by atoms with Crippen LogP contribution in [-0.4, -0.2) is 43.8 Å². The van der Waals surface area contributed by atoms with Crippen molar-refractivity contribution in [2.75, 3.05) is 10.8 Å². The van der Waals surface area contributed by atoms with Crippen molar-refractivity contribution in [3.8, 4) is 0 Å². The Morgan fingerprint density at radius 1 is 0.949 bits per heavy atom. The molecule has 0 saturated heterocycles. The van der Waals surface area contributed by atoms with Crippen LogP contribution >= 0.6 is 23.2 Å². The van der Waals surface area contributed by atoms with Gasteiger partial charge in [-0.05, 0) is 68.8 Å². The number of carbonyl (C=O) groups is 2. The van der Waals surface area contributed by atoms with Gasteiger partial charge in [-0.3, -0.25) is 13.9 Å². The molecular formula is C28H30Cl2FN3O4S. The third-order valence-corrected chi connectivity index (χ3v) is 8.52. The number of rotatable bonds is 11. The molecule has 39 heavy (non-hydrogen) atoms. The van der Waals surface area contributed by atoms with Gasteiger partial charge in [0, 0.05) is 28.2 Å². The second-order valence-electron chi connectivity index (χ2n) is 9.05. The van der Waals surface area contributed by atoms with E-state index in [9.17, 15) is 22.4 Å². The molecule has 0 aromatic heterocycles. The third-order valence-electron chi connectivity index (χ3n) is 6.24. The summed E-state index contributed by atoms with van der Waals surface area (Å²) in [5.41, 5.74) is 0.331. The van der Waals surface area contributed by atoms with Gasteiger partial charge in [0.05, 0.1) is 10.6 Å². The van der Waals surface area contributed by atoms with Crippen LogP contribution in [0.3, 0.4) is 0 Å². The molecule has 3 aromatic carbocycles. The van der Waals surface area contributed by atoms with E-state index in [1.165, 1.54) is 66.4 Å². The minimum absolute atomic E-state index is 0.0945. The molecule has 11 heteroatoms. The number of halogens is 3. The van der Waals surface area contributed by atoms with Crippen LogP contribution in [0, 0.1) is 5.82 Å². The molecule has 3 aromatic rings. The Morgan fingerprint density at radius 2 is 1.62 bits per heavy atom. The van der Waals surface area contributed by atoms with Crippen molar-refractivity contribution in [2.24, 2.45) is 0 Å². The van der Waals surface area contributed by atoms with Crippen molar-refractivity contribution in [2.45, 2.75) is 50.7 Å². The molecule has 0 bridgehead atoms. The molecule has 2 atom stereocenters. The number of anilines is 1. The highest BCUT2D eigenvalue weighted by atomic mass is 35.5. The Labute approximate surface area is 238 Å². The number of amides is 2. The molecule has 0 aliphatic carbocycles. The standard InChI is InChI=1S/C28H30Cl2FN3O4S/c1-4-19(2)32-28(36)20(3)33(17-21-8-5-6-11-26(21)31)27(35)18-34(24-10-7-9-23(30)16-24)39(37,38)25-14-12-22(29)13-15-25/h5-16,19-20H,4,17-18H2,1-3H3,(H,32,36)/t19-,20-/m0/s1. The summed E-state index contributed by atoms with van der Waals surface area (Å²) in [5, 5.41) is 3.44. The summed E-state index contributed by atoms with van der Waals surface area (Å²) in [6.45, 7) is 4.34. The fourth-order valence-electron chi connectivity index (χ4n) is 3.75. The normalized spacial score (nSPS) is 12.9. The van der Waals surface area contributed by atoms with Crippen molar-refractivity contribution in [1.29, 1.82) is 0 Å². The Hall–Kier alpha value is -3.14. The van der Waals surface area contributed by atoms with Crippen LogP contribution in [0.1, 0.15) is 32.8 Å². The first kappa shape index (κ1) is 30.4. The largest absolute Gasteiger partial charge is 0.352 e. The summed E-state index contributed by atoms with van der Waals surface area (Å²) < 4.78 is 43.0. The molecule has 0 unspecified atom stereocenters. The first-order valence-corrected chi connectivity index (χ1v) is 14.5. The summed E-state index contributed by atoms with van der Waals surface area (Å²) in [7, 11) is -4.27. The lowest BCUT2D eigenvalue weighted by Gasteiger charge is -2.32. The first-order chi connectivity index (χ1) is 18.4. The summed E-state index contributed by atoms with van der Waals surface area (Å²) in [5.74, 6) is -1.70.